The molecule has 0 aliphatic rings. The third kappa shape index (κ3) is 4.45. The summed E-state index contributed by atoms with van der Waals surface area (Å²) in [5.41, 5.74) is 3.09. The Hall–Kier alpha value is -3.77. The molecule has 4 aromatic rings. The van der Waals surface area contributed by atoms with E-state index < -0.39 is 5.97 Å². The summed E-state index contributed by atoms with van der Waals surface area (Å²) >= 11 is 1.38. The molecule has 1 heterocycles. The standard InChI is InChI=1S/C24H18N2O3S/c1-29-23(28)18-9-6-16(7-10-18)8-13-22(27)26-24-25-21(15-30-24)20-12-11-17-4-2-3-5-19(17)14-20/h2-15H,1H3,(H,25,26,27). The highest BCUT2D eigenvalue weighted by Gasteiger charge is 2.08. The molecule has 5 nitrogen and oxygen atoms in total. The molecule has 1 aromatic heterocycles. The Morgan fingerprint density at radius 2 is 1.77 bits per heavy atom. The number of fused-ring (bicyclic) bond motifs is 1. The van der Waals surface area contributed by atoms with Gasteiger partial charge in [-0.25, -0.2) is 9.78 Å². The van der Waals surface area contributed by atoms with Crippen LogP contribution >= 0.6 is 11.3 Å². The number of aromatic nitrogens is 1. The van der Waals surface area contributed by atoms with E-state index in [2.05, 4.69) is 39.3 Å². The van der Waals surface area contributed by atoms with E-state index in [1.54, 1.807) is 30.3 Å². The van der Waals surface area contributed by atoms with Gasteiger partial charge in [-0.1, -0.05) is 48.5 Å². The maximum Gasteiger partial charge on any atom is 0.337 e. The highest BCUT2D eigenvalue weighted by atomic mass is 32.1. The van der Waals surface area contributed by atoms with E-state index in [-0.39, 0.29) is 5.91 Å². The number of carbonyl (C=O) groups is 2. The number of benzene rings is 3. The lowest BCUT2D eigenvalue weighted by atomic mass is 10.1. The quantitative estimate of drug-likeness (QED) is 0.351. The summed E-state index contributed by atoms with van der Waals surface area (Å²) in [4.78, 5) is 28.2. The van der Waals surface area contributed by atoms with Gasteiger partial charge in [-0.15, -0.1) is 11.3 Å². The molecule has 3 aromatic carbocycles. The summed E-state index contributed by atoms with van der Waals surface area (Å²) < 4.78 is 4.67. The summed E-state index contributed by atoms with van der Waals surface area (Å²) in [5, 5.41) is 7.57. The van der Waals surface area contributed by atoms with Crippen LogP contribution in [0.3, 0.4) is 0 Å². The Bertz CT molecular complexity index is 1240. The SMILES string of the molecule is COC(=O)c1ccc(C=CC(=O)Nc2nc(-c3ccc4ccccc4c3)cs2)cc1. The van der Waals surface area contributed by atoms with Gasteiger partial charge in [0, 0.05) is 17.0 Å². The number of amides is 1. The molecule has 0 aliphatic heterocycles. The van der Waals surface area contributed by atoms with Crippen LogP contribution < -0.4 is 5.32 Å². The zero-order valence-electron chi connectivity index (χ0n) is 16.2. The van der Waals surface area contributed by atoms with E-state index in [0.29, 0.717) is 10.7 Å². The number of anilines is 1. The third-order valence-corrected chi connectivity index (χ3v) is 5.30. The average Bonchev–Trinajstić information content (AvgIpc) is 3.25. The summed E-state index contributed by atoms with van der Waals surface area (Å²) in [5.74, 6) is -0.666. The van der Waals surface area contributed by atoms with Crippen molar-refractivity contribution in [1.29, 1.82) is 0 Å². The molecule has 0 saturated carbocycles. The number of thiazole rings is 1. The number of methoxy groups -OCH3 is 1. The fourth-order valence-corrected chi connectivity index (χ4v) is 3.70. The largest absolute Gasteiger partial charge is 0.465 e. The van der Waals surface area contributed by atoms with Gasteiger partial charge in [0.15, 0.2) is 5.13 Å². The first-order valence-electron chi connectivity index (χ1n) is 9.24. The highest BCUT2D eigenvalue weighted by Crippen LogP contribution is 2.27. The van der Waals surface area contributed by atoms with Gasteiger partial charge < -0.3 is 4.74 Å². The molecule has 1 N–H and O–H groups in total. The van der Waals surface area contributed by atoms with Crippen molar-refractivity contribution in [3.05, 3.63) is 89.3 Å². The predicted molar refractivity (Wildman–Crippen MR) is 121 cm³/mol. The van der Waals surface area contributed by atoms with Gasteiger partial charge in [-0.3, -0.25) is 10.1 Å². The van der Waals surface area contributed by atoms with Crippen molar-refractivity contribution in [3.8, 4) is 11.3 Å². The number of nitrogens with zero attached hydrogens (tertiary/aromatic N) is 1. The molecule has 0 bridgehead atoms. The van der Waals surface area contributed by atoms with Crippen LogP contribution in [0, 0.1) is 0 Å². The molecule has 0 spiro atoms. The Morgan fingerprint density at radius 3 is 2.53 bits per heavy atom. The maximum absolute atomic E-state index is 12.2. The molecule has 6 heteroatoms. The van der Waals surface area contributed by atoms with Crippen LogP contribution in [-0.2, 0) is 9.53 Å². The molecule has 0 aliphatic carbocycles. The van der Waals surface area contributed by atoms with Crippen LogP contribution in [0.5, 0.6) is 0 Å². The minimum Gasteiger partial charge on any atom is -0.465 e. The number of esters is 1. The number of hydrogen-bond donors (Lipinski definition) is 1. The first-order chi connectivity index (χ1) is 14.6. The van der Waals surface area contributed by atoms with E-state index >= 15 is 0 Å². The van der Waals surface area contributed by atoms with Gasteiger partial charge in [0.1, 0.15) is 0 Å². The Kier molecular flexibility index (Phi) is 5.68. The minimum absolute atomic E-state index is 0.272. The van der Waals surface area contributed by atoms with Crippen molar-refractivity contribution in [3.63, 3.8) is 0 Å². The maximum atomic E-state index is 12.2. The summed E-state index contributed by atoms with van der Waals surface area (Å²) in [6.45, 7) is 0. The first-order valence-corrected chi connectivity index (χ1v) is 10.1. The van der Waals surface area contributed by atoms with Crippen LogP contribution in [0.4, 0.5) is 5.13 Å². The molecule has 30 heavy (non-hydrogen) atoms. The first kappa shape index (κ1) is 19.5. The number of hydrogen-bond acceptors (Lipinski definition) is 5. The van der Waals surface area contributed by atoms with Crippen molar-refractivity contribution < 1.29 is 14.3 Å². The predicted octanol–water partition coefficient (Wildman–Crippen LogP) is 5.40. The van der Waals surface area contributed by atoms with Crippen molar-refractivity contribution in [2.75, 3.05) is 12.4 Å². The average molecular weight is 414 g/mol. The third-order valence-electron chi connectivity index (χ3n) is 4.54. The van der Waals surface area contributed by atoms with Gasteiger partial charge in [0.25, 0.3) is 0 Å². The minimum atomic E-state index is -0.394. The second kappa shape index (κ2) is 8.71. The monoisotopic (exact) mass is 414 g/mol. The van der Waals surface area contributed by atoms with Gasteiger partial charge in [0.05, 0.1) is 18.4 Å². The Labute approximate surface area is 177 Å². The number of nitrogens with one attached hydrogen (secondary N) is 1. The molecular formula is C24H18N2O3S. The second-order valence-electron chi connectivity index (χ2n) is 6.54. The van der Waals surface area contributed by atoms with Crippen molar-refractivity contribution >= 4 is 45.2 Å². The van der Waals surface area contributed by atoms with Crippen LogP contribution in [0.1, 0.15) is 15.9 Å². The highest BCUT2D eigenvalue weighted by molar-refractivity contribution is 7.14. The lowest BCUT2D eigenvalue weighted by molar-refractivity contribution is -0.111. The molecule has 0 atom stereocenters. The van der Waals surface area contributed by atoms with E-state index in [4.69, 9.17) is 0 Å². The zero-order chi connectivity index (χ0) is 20.9. The molecule has 0 radical (unpaired) electrons. The second-order valence-corrected chi connectivity index (χ2v) is 7.39. The summed E-state index contributed by atoms with van der Waals surface area (Å²) in [6.07, 6.45) is 3.11. The van der Waals surface area contributed by atoms with Crippen molar-refractivity contribution in [2.24, 2.45) is 0 Å². The lowest BCUT2D eigenvalue weighted by Gasteiger charge is -2.01. The van der Waals surface area contributed by atoms with E-state index in [1.165, 1.54) is 29.9 Å². The van der Waals surface area contributed by atoms with Crippen LogP contribution in [0.2, 0.25) is 0 Å². The van der Waals surface area contributed by atoms with Crippen LogP contribution in [0.25, 0.3) is 28.1 Å². The molecule has 4 rings (SSSR count). The number of carbonyl (C=O) groups excluding carboxylic acids is 2. The normalized spacial score (nSPS) is 11.0. The van der Waals surface area contributed by atoms with E-state index in [9.17, 15) is 9.59 Å². The molecule has 0 saturated heterocycles. The summed E-state index contributed by atoms with van der Waals surface area (Å²) in [6, 6.07) is 21.1. The Balaban J connectivity index is 1.42. The Morgan fingerprint density at radius 1 is 1.00 bits per heavy atom. The number of rotatable bonds is 5. The van der Waals surface area contributed by atoms with Crippen LogP contribution in [-0.4, -0.2) is 24.0 Å². The topological polar surface area (TPSA) is 68.3 Å². The van der Waals surface area contributed by atoms with Crippen molar-refractivity contribution in [2.45, 2.75) is 0 Å². The molecule has 0 unspecified atom stereocenters. The van der Waals surface area contributed by atoms with E-state index in [0.717, 1.165) is 22.2 Å². The van der Waals surface area contributed by atoms with Gasteiger partial charge >= 0.3 is 5.97 Å². The fraction of sp³-hybridized carbons (Fsp3) is 0.0417. The summed E-state index contributed by atoms with van der Waals surface area (Å²) in [7, 11) is 1.34. The molecule has 1 amide bonds. The van der Waals surface area contributed by atoms with Gasteiger partial charge in [-0.05, 0) is 40.6 Å². The van der Waals surface area contributed by atoms with Crippen molar-refractivity contribution in [1.82, 2.24) is 4.98 Å². The van der Waals surface area contributed by atoms with Crippen LogP contribution in [0.15, 0.2) is 78.2 Å². The smallest absolute Gasteiger partial charge is 0.337 e. The lowest BCUT2D eigenvalue weighted by Crippen LogP contribution is -2.07. The van der Waals surface area contributed by atoms with E-state index in [1.807, 2.05) is 23.6 Å². The van der Waals surface area contributed by atoms with Gasteiger partial charge in [0.2, 0.25) is 5.91 Å². The molecular weight excluding hydrogens is 396 g/mol. The number of ether oxygens (including phenoxy) is 1. The van der Waals surface area contributed by atoms with Gasteiger partial charge in [-0.2, -0.15) is 0 Å². The zero-order valence-corrected chi connectivity index (χ0v) is 17.0. The molecule has 0 fully saturated rings. The fourth-order valence-electron chi connectivity index (χ4n) is 2.98. The molecule has 148 valence electrons.